The molecule has 1 aromatic rings. The van der Waals surface area contributed by atoms with Gasteiger partial charge in [0.2, 0.25) is 0 Å². The Morgan fingerprint density at radius 3 is 2.26 bits per heavy atom. The lowest BCUT2D eigenvalue weighted by Gasteiger charge is -2.32. The number of ketones is 1. The van der Waals surface area contributed by atoms with Crippen molar-refractivity contribution in [2.24, 2.45) is 0 Å². The van der Waals surface area contributed by atoms with Crippen molar-refractivity contribution in [1.82, 2.24) is 4.98 Å². The summed E-state index contributed by atoms with van der Waals surface area (Å²) in [6, 6.07) is 1.63. The van der Waals surface area contributed by atoms with Gasteiger partial charge in [0, 0.05) is 11.8 Å². The minimum absolute atomic E-state index is 0.106. The van der Waals surface area contributed by atoms with Crippen LogP contribution in [0.1, 0.15) is 45.0 Å². The van der Waals surface area contributed by atoms with Crippen molar-refractivity contribution < 1.29 is 14.1 Å². The molecule has 1 aliphatic heterocycles. The van der Waals surface area contributed by atoms with E-state index in [2.05, 4.69) is 4.98 Å². The Kier molecular flexibility index (Phi) is 3.50. The topological polar surface area (TPSA) is 48.4 Å². The second-order valence-corrected chi connectivity index (χ2v) is 6.14. The predicted molar refractivity (Wildman–Crippen MR) is 75.0 cm³/mol. The summed E-state index contributed by atoms with van der Waals surface area (Å²) in [4.78, 5) is 15.7. The monoisotopic (exact) mass is 281 g/mol. The molecule has 102 valence electrons. The molecule has 0 radical (unpaired) electrons. The maximum Gasteiger partial charge on any atom is 0.514 e. The van der Waals surface area contributed by atoms with Crippen LogP contribution >= 0.6 is 11.6 Å². The molecule has 4 nitrogen and oxygen atoms in total. The summed E-state index contributed by atoms with van der Waals surface area (Å²) in [6.07, 6.45) is 1.46. The lowest BCUT2D eigenvalue weighted by Crippen LogP contribution is -2.41. The van der Waals surface area contributed by atoms with E-state index in [9.17, 15) is 4.79 Å². The number of carbonyl (C=O) groups is 1. The van der Waals surface area contributed by atoms with Crippen molar-refractivity contribution >= 4 is 30.1 Å². The van der Waals surface area contributed by atoms with Crippen molar-refractivity contribution in [2.45, 2.75) is 45.8 Å². The molecule has 19 heavy (non-hydrogen) atoms. The number of Topliss-reactive ketones (excluding diaryl/α,β-unsaturated/α-hetero) is 1. The highest BCUT2D eigenvalue weighted by Gasteiger charge is 2.52. The van der Waals surface area contributed by atoms with Crippen LogP contribution in [0.2, 0.25) is 5.02 Å². The Morgan fingerprint density at radius 1 is 1.26 bits per heavy atom. The van der Waals surface area contributed by atoms with E-state index in [0.717, 1.165) is 0 Å². The molecule has 0 unspecified atom stereocenters. The first-order valence-electron chi connectivity index (χ1n) is 6.16. The largest absolute Gasteiger partial charge is 0.514 e. The molecule has 1 saturated heterocycles. The van der Waals surface area contributed by atoms with Gasteiger partial charge in [-0.05, 0) is 40.7 Å². The fourth-order valence-electron chi connectivity index (χ4n) is 1.82. The standard InChI is InChI=1S/C13H17BClNO3/c1-8(17)9-6-11(16-7-10(9)15)14-18-12(2,3)13(4,5)19-14/h6-7H,1-5H3. The average Bonchev–Trinajstić information content (AvgIpc) is 2.48. The molecule has 2 rings (SSSR count). The highest BCUT2D eigenvalue weighted by Crippen LogP contribution is 2.36. The SMILES string of the molecule is CC(=O)c1cc(B2OC(C)(C)C(C)(C)O2)ncc1Cl. The van der Waals surface area contributed by atoms with Gasteiger partial charge in [0.1, 0.15) is 0 Å². The van der Waals surface area contributed by atoms with Crippen LogP contribution < -0.4 is 5.59 Å². The molecule has 1 aliphatic rings. The Bertz CT molecular complexity index is 515. The number of carbonyl (C=O) groups excluding carboxylic acids is 1. The first kappa shape index (κ1) is 14.5. The Labute approximate surface area is 118 Å². The molecule has 1 aromatic heterocycles. The van der Waals surface area contributed by atoms with Crippen LogP contribution in [0.3, 0.4) is 0 Å². The van der Waals surface area contributed by atoms with E-state index < -0.39 is 18.3 Å². The van der Waals surface area contributed by atoms with Gasteiger partial charge in [0.05, 0.1) is 21.8 Å². The van der Waals surface area contributed by atoms with E-state index in [1.54, 1.807) is 6.07 Å². The summed E-state index contributed by atoms with van der Waals surface area (Å²) in [5.41, 5.74) is 0.125. The Morgan fingerprint density at radius 2 is 1.79 bits per heavy atom. The molecule has 0 spiro atoms. The van der Waals surface area contributed by atoms with Gasteiger partial charge in [-0.1, -0.05) is 11.6 Å². The number of nitrogens with zero attached hydrogens (tertiary/aromatic N) is 1. The minimum atomic E-state index is -0.583. The molecule has 0 saturated carbocycles. The summed E-state index contributed by atoms with van der Waals surface area (Å²) in [7, 11) is -0.583. The number of pyridine rings is 1. The van der Waals surface area contributed by atoms with Crippen LogP contribution in [0.5, 0.6) is 0 Å². The summed E-state index contributed by atoms with van der Waals surface area (Å²) in [5.74, 6) is -0.106. The highest BCUT2D eigenvalue weighted by atomic mass is 35.5. The number of aromatic nitrogens is 1. The van der Waals surface area contributed by atoms with Crippen LogP contribution in [-0.2, 0) is 9.31 Å². The van der Waals surface area contributed by atoms with E-state index >= 15 is 0 Å². The first-order chi connectivity index (χ1) is 8.64. The highest BCUT2D eigenvalue weighted by molar-refractivity contribution is 6.61. The van der Waals surface area contributed by atoms with Crippen LogP contribution in [0.4, 0.5) is 0 Å². The van der Waals surface area contributed by atoms with Crippen molar-refractivity contribution in [3.05, 3.63) is 22.8 Å². The van der Waals surface area contributed by atoms with E-state index in [1.165, 1.54) is 13.1 Å². The smallest absolute Gasteiger partial charge is 0.398 e. The molecule has 0 aliphatic carbocycles. The first-order valence-corrected chi connectivity index (χ1v) is 6.54. The quantitative estimate of drug-likeness (QED) is 0.616. The third kappa shape index (κ3) is 2.55. The lowest BCUT2D eigenvalue weighted by molar-refractivity contribution is 0.00578. The van der Waals surface area contributed by atoms with Crippen LogP contribution in [-0.4, -0.2) is 29.1 Å². The molecule has 0 amide bonds. The number of halogens is 1. The molecule has 0 atom stereocenters. The van der Waals surface area contributed by atoms with Crippen LogP contribution in [0.15, 0.2) is 12.3 Å². The summed E-state index contributed by atoms with van der Waals surface area (Å²) in [5, 5.41) is 0.341. The van der Waals surface area contributed by atoms with Crippen molar-refractivity contribution in [3.8, 4) is 0 Å². The van der Waals surface area contributed by atoms with Crippen molar-refractivity contribution in [3.63, 3.8) is 0 Å². The molecular formula is C13H17BClNO3. The third-order valence-corrected chi connectivity index (χ3v) is 4.05. The normalized spacial score (nSPS) is 20.6. The van der Waals surface area contributed by atoms with Gasteiger partial charge in [-0.15, -0.1) is 0 Å². The maximum absolute atomic E-state index is 11.5. The molecule has 0 N–H and O–H groups in total. The van der Waals surface area contributed by atoms with E-state index in [4.69, 9.17) is 20.9 Å². The molecule has 0 bridgehead atoms. The third-order valence-electron chi connectivity index (χ3n) is 3.75. The van der Waals surface area contributed by atoms with Gasteiger partial charge >= 0.3 is 7.12 Å². The Hall–Kier alpha value is -0.905. The number of rotatable bonds is 2. The summed E-state index contributed by atoms with van der Waals surface area (Å²) >= 11 is 5.94. The zero-order valence-electron chi connectivity index (χ0n) is 11.8. The number of hydrogen-bond acceptors (Lipinski definition) is 4. The van der Waals surface area contributed by atoms with E-state index in [-0.39, 0.29) is 5.78 Å². The molecular weight excluding hydrogens is 264 g/mol. The second kappa shape index (κ2) is 4.58. The lowest BCUT2D eigenvalue weighted by atomic mass is 9.83. The minimum Gasteiger partial charge on any atom is -0.398 e. The summed E-state index contributed by atoms with van der Waals surface area (Å²) < 4.78 is 11.8. The second-order valence-electron chi connectivity index (χ2n) is 5.73. The molecule has 1 fully saturated rings. The number of hydrogen-bond donors (Lipinski definition) is 0. The van der Waals surface area contributed by atoms with E-state index in [0.29, 0.717) is 16.2 Å². The fourth-order valence-corrected chi connectivity index (χ4v) is 2.05. The molecule has 0 aromatic carbocycles. The van der Waals surface area contributed by atoms with Gasteiger partial charge in [-0.2, -0.15) is 0 Å². The van der Waals surface area contributed by atoms with Crippen molar-refractivity contribution in [1.29, 1.82) is 0 Å². The fraction of sp³-hybridized carbons (Fsp3) is 0.538. The zero-order chi connectivity index (χ0) is 14.4. The zero-order valence-corrected chi connectivity index (χ0v) is 12.5. The van der Waals surface area contributed by atoms with Gasteiger partial charge in [-0.3, -0.25) is 9.78 Å². The average molecular weight is 282 g/mol. The molecule has 6 heteroatoms. The molecule has 2 heterocycles. The van der Waals surface area contributed by atoms with Crippen LogP contribution in [0, 0.1) is 0 Å². The van der Waals surface area contributed by atoms with Crippen LogP contribution in [0.25, 0.3) is 0 Å². The van der Waals surface area contributed by atoms with Gasteiger partial charge in [0.15, 0.2) is 5.78 Å². The summed E-state index contributed by atoms with van der Waals surface area (Å²) in [6.45, 7) is 9.34. The maximum atomic E-state index is 11.5. The van der Waals surface area contributed by atoms with Gasteiger partial charge in [-0.25, -0.2) is 0 Å². The predicted octanol–water partition coefficient (Wildman–Crippen LogP) is 2.24. The van der Waals surface area contributed by atoms with E-state index in [1.807, 2.05) is 27.7 Å². The van der Waals surface area contributed by atoms with Gasteiger partial charge in [0.25, 0.3) is 0 Å². The van der Waals surface area contributed by atoms with Gasteiger partial charge < -0.3 is 9.31 Å². The van der Waals surface area contributed by atoms with Crippen molar-refractivity contribution in [2.75, 3.05) is 0 Å². The Balaban J connectivity index is 2.35.